The zero-order valence-corrected chi connectivity index (χ0v) is 28.2. The van der Waals surface area contributed by atoms with Gasteiger partial charge in [0, 0.05) is 22.5 Å². The maximum Gasteiger partial charge on any atom is 0.0468 e. The van der Waals surface area contributed by atoms with Crippen LogP contribution in [-0.4, -0.2) is 0 Å². The van der Waals surface area contributed by atoms with Gasteiger partial charge in [-0.25, -0.2) is 0 Å². The summed E-state index contributed by atoms with van der Waals surface area (Å²) in [5, 5.41) is 10.1. The first-order chi connectivity index (χ1) is 24.5. The highest BCUT2D eigenvalue weighted by Gasteiger charge is 2.35. The van der Waals surface area contributed by atoms with Crippen LogP contribution in [0.5, 0.6) is 0 Å². The lowest BCUT2D eigenvalue weighted by atomic mass is 9.82. The number of hydrogen-bond donors (Lipinski definition) is 0. The van der Waals surface area contributed by atoms with Crippen molar-refractivity contribution in [3.05, 3.63) is 187 Å². The lowest BCUT2D eigenvalue weighted by Gasteiger charge is -2.29. The van der Waals surface area contributed by atoms with Crippen LogP contribution in [0.15, 0.2) is 176 Å². The molecular weight excluding hydrogens is 603 g/mol. The highest BCUT2D eigenvalue weighted by molar-refractivity contribution is 6.17. The van der Waals surface area contributed by atoms with Crippen molar-refractivity contribution in [1.82, 2.24) is 0 Å². The van der Waals surface area contributed by atoms with Gasteiger partial charge in [0.15, 0.2) is 0 Å². The second-order valence-electron chi connectivity index (χ2n) is 14.2. The summed E-state index contributed by atoms with van der Waals surface area (Å²) >= 11 is 0. The zero-order chi connectivity index (χ0) is 33.4. The fraction of sp³-hybridized carbons (Fsp3) is 0.0612. The molecule has 0 aliphatic heterocycles. The standard InChI is InChI=1S/C49H35N/c1-49(2)47-17-8-7-16-44(47)45-27-24-40(31-48(45)49)50(38-14-9-13-36(29-38)37-19-18-32-10-3-4-12-35(32)28-37)39-23-20-34-22-25-42-41-15-6-5-11-33(41)21-26-43(42)46(34)30-39/h3-31H,1-2H3. The second kappa shape index (κ2) is 10.9. The Bertz CT molecular complexity index is 2800. The van der Waals surface area contributed by atoms with E-state index in [4.69, 9.17) is 0 Å². The second-order valence-corrected chi connectivity index (χ2v) is 14.2. The molecule has 236 valence electrons. The van der Waals surface area contributed by atoms with Crippen LogP contribution < -0.4 is 4.90 Å². The summed E-state index contributed by atoms with van der Waals surface area (Å²) in [4.78, 5) is 2.45. The van der Waals surface area contributed by atoms with Crippen molar-refractivity contribution in [1.29, 1.82) is 0 Å². The Morgan fingerprint density at radius 3 is 1.82 bits per heavy atom. The molecule has 0 saturated carbocycles. The lowest BCUT2D eigenvalue weighted by molar-refractivity contribution is 0.660. The predicted molar refractivity (Wildman–Crippen MR) is 214 cm³/mol. The Morgan fingerprint density at radius 2 is 0.940 bits per heavy atom. The molecule has 9 aromatic carbocycles. The summed E-state index contributed by atoms with van der Waals surface area (Å²) in [7, 11) is 0. The third-order valence-corrected chi connectivity index (χ3v) is 11.0. The lowest BCUT2D eigenvalue weighted by Crippen LogP contribution is -2.16. The number of benzene rings is 9. The summed E-state index contributed by atoms with van der Waals surface area (Å²) in [6.45, 7) is 4.72. The fourth-order valence-electron chi connectivity index (χ4n) is 8.42. The molecule has 1 aliphatic rings. The van der Waals surface area contributed by atoms with Gasteiger partial charge in [-0.2, -0.15) is 0 Å². The van der Waals surface area contributed by atoms with Crippen LogP contribution in [0, 0.1) is 0 Å². The van der Waals surface area contributed by atoms with E-state index in [1.165, 1.54) is 76.5 Å². The molecule has 0 amide bonds. The quantitative estimate of drug-likeness (QED) is 0.174. The Balaban J connectivity index is 1.19. The van der Waals surface area contributed by atoms with Gasteiger partial charge in [-0.15, -0.1) is 0 Å². The first-order valence-corrected chi connectivity index (χ1v) is 17.5. The van der Waals surface area contributed by atoms with Gasteiger partial charge in [0.1, 0.15) is 0 Å². The van der Waals surface area contributed by atoms with Crippen LogP contribution in [0.1, 0.15) is 25.0 Å². The Labute approximate surface area is 292 Å². The third kappa shape index (κ3) is 4.40. The molecule has 10 rings (SSSR count). The van der Waals surface area contributed by atoms with Gasteiger partial charge in [0.2, 0.25) is 0 Å². The molecule has 0 atom stereocenters. The van der Waals surface area contributed by atoms with Gasteiger partial charge in [-0.1, -0.05) is 147 Å². The van der Waals surface area contributed by atoms with Crippen molar-refractivity contribution >= 4 is 60.2 Å². The van der Waals surface area contributed by atoms with E-state index in [1.807, 2.05) is 0 Å². The van der Waals surface area contributed by atoms with Crippen LogP contribution in [0.3, 0.4) is 0 Å². The molecule has 1 aliphatic carbocycles. The monoisotopic (exact) mass is 637 g/mol. The van der Waals surface area contributed by atoms with Crippen molar-refractivity contribution in [2.45, 2.75) is 19.3 Å². The average Bonchev–Trinajstić information content (AvgIpc) is 3.40. The summed E-state index contributed by atoms with van der Waals surface area (Å²) in [6, 6.07) is 65.1. The van der Waals surface area contributed by atoms with Gasteiger partial charge >= 0.3 is 0 Å². The molecule has 9 aromatic rings. The smallest absolute Gasteiger partial charge is 0.0468 e. The van der Waals surface area contributed by atoms with Crippen LogP contribution >= 0.6 is 0 Å². The number of hydrogen-bond acceptors (Lipinski definition) is 1. The topological polar surface area (TPSA) is 3.24 Å². The van der Waals surface area contributed by atoms with Crippen molar-refractivity contribution in [2.24, 2.45) is 0 Å². The van der Waals surface area contributed by atoms with Crippen molar-refractivity contribution in [2.75, 3.05) is 4.90 Å². The minimum Gasteiger partial charge on any atom is -0.310 e. The SMILES string of the molecule is CC1(C)c2ccccc2-c2ccc(N(c3cccc(-c4ccc5ccccc5c4)c3)c3ccc4ccc5c6ccccc6ccc5c4c3)cc21. The van der Waals surface area contributed by atoms with Gasteiger partial charge < -0.3 is 4.90 Å². The number of anilines is 3. The normalized spacial score (nSPS) is 13.2. The fourth-order valence-corrected chi connectivity index (χ4v) is 8.42. The molecule has 0 N–H and O–H groups in total. The summed E-state index contributed by atoms with van der Waals surface area (Å²) in [5.41, 5.74) is 11.2. The van der Waals surface area contributed by atoms with Crippen molar-refractivity contribution in [3.63, 3.8) is 0 Å². The maximum atomic E-state index is 2.45. The highest BCUT2D eigenvalue weighted by atomic mass is 15.1. The molecule has 0 radical (unpaired) electrons. The minimum atomic E-state index is -0.0960. The number of fused-ring (bicyclic) bond motifs is 9. The van der Waals surface area contributed by atoms with E-state index in [9.17, 15) is 0 Å². The van der Waals surface area contributed by atoms with Crippen LogP contribution in [0.2, 0.25) is 0 Å². The summed E-state index contributed by atoms with van der Waals surface area (Å²) in [5.74, 6) is 0. The van der Waals surface area contributed by atoms with Crippen LogP contribution in [-0.2, 0) is 5.41 Å². The van der Waals surface area contributed by atoms with Crippen LogP contribution in [0.25, 0.3) is 65.3 Å². The maximum absolute atomic E-state index is 2.45. The Kier molecular flexibility index (Phi) is 6.29. The van der Waals surface area contributed by atoms with E-state index in [-0.39, 0.29) is 5.41 Å². The summed E-state index contributed by atoms with van der Waals surface area (Å²) in [6.07, 6.45) is 0. The molecular formula is C49H35N. The molecule has 50 heavy (non-hydrogen) atoms. The van der Waals surface area contributed by atoms with Gasteiger partial charge in [0.25, 0.3) is 0 Å². The Morgan fingerprint density at radius 1 is 0.340 bits per heavy atom. The number of nitrogens with zero attached hydrogens (tertiary/aromatic N) is 1. The summed E-state index contributed by atoms with van der Waals surface area (Å²) < 4.78 is 0. The molecule has 0 heterocycles. The molecule has 0 unspecified atom stereocenters. The van der Waals surface area contributed by atoms with E-state index < -0.39 is 0 Å². The zero-order valence-electron chi connectivity index (χ0n) is 28.2. The van der Waals surface area contributed by atoms with Crippen molar-refractivity contribution < 1.29 is 0 Å². The van der Waals surface area contributed by atoms with Gasteiger partial charge in [-0.05, 0) is 119 Å². The Hall–Kier alpha value is -6.18. The highest BCUT2D eigenvalue weighted by Crippen LogP contribution is 2.51. The molecule has 0 aromatic heterocycles. The molecule has 1 heteroatoms. The van der Waals surface area contributed by atoms with Gasteiger partial charge in [0.05, 0.1) is 0 Å². The van der Waals surface area contributed by atoms with Crippen molar-refractivity contribution in [3.8, 4) is 22.3 Å². The number of rotatable bonds is 4. The van der Waals surface area contributed by atoms with E-state index in [2.05, 4.69) is 195 Å². The molecule has 0 saturated heterocycles. The molecule has 1 nitrogen and oxygen atoms in total. The minimum absolute atomic E-state index is 0.0960. The molecule has 0 spiro atoms. The van der Waals surface area contributed by atoms with E-state index >= 15 is 0 Å². The molecule has 0 bridgehead atoms. The van der Waals surface area contributed by atoms with E-state index in [0.29, 0.717) is 0 Å². The third-order valence-electron chi connectivity index (χ3n) is 11.0. The van der Waals surface area contributed by atoms with E-state index in [1.54, 1.807) is 0 Å². The first kappa shape index (κ1) is 28.8. The van der Waals surface area contributed by atoms with Crippen LogP contribution in [0.4, 0.5) is 17.1 Å². The first-order valence-electron chi connectivity index (χ1n) is 17.5. The molecule has 0 fully saturated rings. The predicted octanol–water partition coefficient (Wildman–Crippen LogP) is 13.7. The van der Waals surface area contributed by atoms with E-state index in [0.717, 1.165) is 17.1 Å². The average molecular weight is 638 g/mol. The van der Waals surface area contributed by atoms with Gasteiger partial charge in [-0.3, -0.25) is 0 Å². The largest absolute Gasteiger partial charge is 0.310 e.